The van der Waals surface area contributed by atoms with Crippen molar-refractivity contribution in [1.82, 2.24) is 35.5 Å². The molecule has 8 nitrogen and oxygen atoms in total. The van der Waals surface area contributed by atoms with E-state index < -0.39 is 0 Å². The summed E-state index contributed by atoms with van der Waals surface area (Å²) in [5.41, 5.74) is 10.1. The molecule has 0 radical (unpaired) electrons. The van der Waals surface area contributed by atoms with E-state index in [1.807, 2.05) is 43.1 Å². The van der Waals surface area contributed by atoms with Crippen molar-refractivity contribution in [3.63, 3.8) is 0 Å². The molecule has 1 aliphatic heterocycles. The maximum absolute atomic E-state index is 4.65. The van der Waals surface area contributed by atoms with E-state index >= 15 is 0 Å². The lowest BCUT2D eigenvalue weighted by Crippen LogP contribution is -2.11. The lowest BCUT2D eigenvalue weighted by atomic mass is 9.96. The highest BCUT2D eigenvalue weighted by Gasteiger charge is 2.20. The standard InChI is InChI=1S/C27H24N8/c1-2-28-11-17-9-19(13-30-12-17)24-10-21-26(16-32-24)34-35-27(21)23-4-3-20-22(14-31-15-25(20)33-23)18-5-7-29-8-6-18/h4-10,12-16,28,33H,2-3,11H2,1H3,(H,34,35). The number of nitrogens with one attached hydrogen (secondary N) is 3. The fraction of sp³-hybridized carbons (Fsp3) is 0.148. The van der Waals surface area contributed by atoms with Gasteiger partial charge in [-0.05, 0) is 53.9 Å². The van der Waals surface area contributed by atoms with Gasteiger partial charge >= 0.3 is 0 Å². The zero-order chi connectivity index (χ0) is 23.6. The first kappa shape index (κ1) is 21.1. The average molecular weight is 461 g/mol. The molecule has 0 unspecified atom stereocenters. The number of H-pyrrole nitrogens is 1. The van der Waals surface area contributed by atoms with E-state index in [2.05, 4.69) is 65.9 Å². The second kappa shape index (κ2) is 9.08. The van der Waals surface area contributed by atoms with Crippen LogP contribution >= 0.6 is 0 Å². The van der Waals surface area contributed by atoms with Gasteiger partial charge in [-0.2, -0.15) is 5.10 Å². The quantitative estimate of drug-likeness (QED) is 0.340. The third-order valence-electron chi connectivity index (χ3n) is 6.20. The molecule has 3 N–H and O–H groups in total. The third kappa shape index (κ3) is 4.04. The smallest absolute Gasteiger partial charge is 0.116 e. The van der Waals surface area contributed by atoms with Crippen LogP contribution in [0.5, 0.6) is 0 Å². The Hall–Kier alpha value is -4.43. The zero-order valence-corrected chi connectivity index (χ0v) is 19.3. The zero-order valence-electron chi connectivity index (χ0n) is 19.3. The molecule has 6 heterocycles. The molecule has 8 heteroatoms. The predicted molar refractivity (Wildman–Crippen MR) is 137 cm³/mol. The molecule has 0 saturated heterocycles. The summed E-state index contributed by atoms with van der Waals surface area (Å²) in [6.07, 6.45) is 15.9. The monoisotopic (exact) mass is 460 g/mol. The van der Waals surface area contributed by atoms with Gasteiger partial charge in [0.2, 0.25) is 0 Å². The van der Waals surface area contributed by atoms with E-state index in [1.165, 1.54) is 5.56 Å². The molecule has 5 aromatic rings. The minimum Gasteiger partial charge on any atom is -0.352 e. The van der Waals surface area contributed by atoms with Gasteiger partial charge in [-0.3, -0.25) is 25.0 Å². The van der Waals surface area contributed by atoms with E-state index in [-0.39, 0.29) is 0 Å². The minimum absolute atomic E-state index is 0.778. The number of rotatable bonds is 6. The Kier molecular flexibility index (Phi) is 5.48. The Labute approximate surface area is 202 Å². The second-order valence-electron chi connectivity index (χ2n) is 8.45. The van der Waals surface area contributed by atoms with E-state index in [0.29, 0.717) is 0 Å². The number of nitrogens with zero attached hydrogens (tertiary/aromatic N) is 5. The summed E-state index contributed by atoms with van der Waals surface area (Å²) < 4.78 is 0. The lowest BCUT2D eigenvalue weighted by Gasteiger charge is -2.21. The number of anilines is 1. The highest BCUT2D eigenvalue weighted by Crippen LogP contribution is 2.35. The molecule has 6 rings (SSSR count). The molecule has 0 bridgehead atoms. The number of hydrogen-bond acceptors (Lipinski definition) is 7. The third-order valence-corrected chi connectivity index (χ3v) is 6.20. The van der Waals surface area contributed by atoms with Crippen LogP contribution in [-0.4, -0.2) is 36.7 Å². The summed E-state index contributed by atoms with van der Waals surface area (Å²) in [5, 5.41) is 15.6. The Morgan fingerprint density at radius 2 is 1.83 bits per heavy atom. The number of pyridine rings is 4. The van der Waals surface area contributed by atoms with Crippen molar-refractivity contribution in [2.75, 3.05) is 11.9 Å². The SMILES string of the molecule is CCNCc1cncc(-c2cc3c(C4=CCc5c(cncc5-c5ccncc5)N4)n[nH]c3cn2)c1. The molecule has 1 aliphatic rings. The molecule has 0 spiro atoms. The van der Waals surface area contributed by atoms with Gasteiger partial charge in [0.1, 0.15) is 5.69 Å². The fourth-order valence-electron chi connectivity index (χ4n) is 4.42. The van der Waals surface area contributed by atoms with Crippen molar-refractivity contribution < 1.29 is 0 Å². The molecule has 0 fully saturated rings. The van der Waals surface area contributed by atoms with Gasteiger partial charge in [-0.1, -0.05) is 13.0 Å². The predicted octanol–water partition coefficient (Wildman–Crippen LogP) is 4.60. The highest BCUT2D eigenvalue weighted by molar-refractivity contribution is 5.96. The van der Waals surface area contributed by atoms with Crippen LogP contribution in [0.2, 0.25) is 0 Å². The second-order valence-corrected chi connectivity index (χ2v) is 8.45. The first-order chi connectivity index (χ1) is 17.3. The number of fused-ring (bicyclic) bond motifs is 2. The van der Waals surface area contributed by atoms with Crippen LogP contribution < -0.4 is 10.6 Å². The van der Waals surface area contributed by atoms with Gasteiger partial charge in [-0.15, -0.1) is 0 Å². The van der Waals surface area contributed by atoms with Crippen molar-refractivity contribution in [1.29, 1.82) is 0 Å². The summed E-state index contributed by atoms with van der Waals surface area (Å²) in [6.45, 7) is 3.79. The Bertz CT molecular complexity index is 1540. The highest BCUT2D eigenvalue weighted by atomic mass is 15.1. The molecule has 0 amide bonds. The van der Waals surface area contributed by atoms with Gasteiger partial charge in [0.25, 0.3) is 0 Å². The maximum Gasteiger partial charge on any atom is 0.116 e. The van der Waals surface area contributed by atoms with Crippen LogP contribution in [0.4, 0.5) is 5.69 Å². The van der Waals surface area contributed by atoms with E-state index in [4.69, 9.17) is 0 Å². The van der Waals surface area contributed by atoms with E-state index in [9.17, 15) is 0 Å². The minimum atomic E-state index is 0.778. The molecular formula is C27H24N8. The van der Waals surface area contributed by atoms with Gasteiger partial charge in [0, 0.05) is 54.0 Å². The summed E-state index contributed by atoms with van der Waals surface area (Å²) in [7, 11) is 0. The van der Waals surface area contributed by atoms with Crippen LogP contribution in [-0.2, 0) is 13.0 Å². The summed E-state index contributed by atoms with van der Waals surface area (Å²) in [4.78, 5) is 17.7. The molecule has 172 valence electrons. The molecule has 0 atom stereocenters. The van der Waals surface area contributed by atoms with Crippen molar-refractivity contribution in [3.05, 3.63) is 90.5 Å². The van der Waals surface area contributed by atoms with E-state index in [1.54, 1.807) is 12.4 Å². The van der Waals surface area contributed by atoms with E-state index in [0.717, 1.165) is 75.4 Å². The van der Waals surface area contributed by atoms with Gasteiger partial charge < -0.3 is 10.6 Å². The Morgan fingerprint density at radius 3 is 2.71 bits per heavy atom. The first-order valence-corrected chi connectivity index (χ1v) is 11.6. The normalized spacial score (nSPS) is 12.8. The molecular weight excluding hydrogens is 436 g/mol. The van der Waals surface area contributed by atoms with Crippen LogP contribution in [0.25, 0.3) is 39.0 Å². The fourth-order valence-corrected chi connectivity index (χ4v) is 4.42. The molecule has 5 aromatic heterocycles. The number of allylic oxidation sites excluding steroid dienone is 1. The van der Waals surface area contributed by atoms with Crippen LogP contribution in [0.3, 0.4) is 0 Å². The topological polar surface area (TPSA) is 104 Å². The largest absolute Gasteiger partial charge is 0.352 e. The summed E-state index contributed by atoms with van der Waals surface area (Å²) >= 11 is 0. The van der Waals surface area contributed by atoms with Gasteiger partial charge in [0.15, 0.2) is 0 Å². The van der Waals surface area contributed by atoms with Gasteiger partial charge in [-0.25, -0.2) is 0 Å². The van der Waals surface area contributed by atoms with Crippen molar-refractivity contribution in [2.45, 2.75) is 19.9 Å². The Morgan fingerprint density at radius 1 is 0.943 bits per heavy atom. The summed E-state index contributed by atoms with van der Waals surface area (Å²) in [5.74, 6) is 0. The lowest BCUT2D eigenvalue weighted by molar-refractivity contribution is 0.724. The maximum atomic E-state index is 4.65. The summed E-state index contributed by atoms with van der Waals surface area (Å²) in [6, 6.07) is 8.22. The Balaban J connectivity index is 1.34. The van der Waals surface area contributed by atoms with Crippen LogP contribution in [0.1, 0.15) is 23.7 Å². The van der Waals surface area contributed by atoms with Crippen LogP contribution in [0.15, 0.2) is 73.7 Å². The first-order valence-electron chi connectivity index (χ1n) is 11.6. The average Bonchev–Trinajstić information content (AvgIpc) is 3.35. The van der Waals surface area contributed by atoms with Crippen molar-refractivity contribution >= 4 is 22.3 Å². The number of aromatic amines is 1. The molecule has 0 saturated carbocycles. The van der Waals surface area contributed by atoms with Crippen molar-refractivity contribution in [3.8, 4) is 22.4 Å². The van der Waals surface area contributed by atoms with Crippen molar-refractivity contribution in [2.24, 2.45) is 0 Å². The van der Waals surface area contributed by atoms with Gasteiger partial charge in [0.05, 0.1) is 35.0 Å². The molecule has 35 heavy (non-hydrogen) atoms. The molecule has 0 aromatic carbocycles. The van der Waals surface area contributed by atoms with Crippen LogP contribution in [0, 0.1) is 0 Å². The number of aromatic nitrogens is 6. The molecule has 0 aliphatic carbocycles. The number of hydrogen-bond donors (Lipinski definition) is 3.